The van der Waals surface area contributed by atoms with Crippen molar-refractivity contribution >= 4 is 46.6 Å². The molecule has 55 heavy (non-hydrogen) atoms. The maximum Gasteiger partial charge on any atom is 0.408 e. The number of nitrogens with zero attached hydrogens (tertiary/aromatic N) is 2. The summed E-state index contributed by atoms with van der Waals surface area (Å²) >= 11 is 14.2. The van der Waals surface area contributed by atoms with Crippen molar-refractivity contribution in [2.45, 2.75) is 44.1 Å². The number of alkyl carbamates (subject to hydrolysis) is 1. The van der Waals surface area contributed by atoms with Gasteiger partial charge in [-0.25, -0.2) is 9.59 Å². The maximum absolute atomic E-state index is 13.6. The zero-order valence-corrected chi connectivity index (χ0v) is 32.7. The first kappa shape index (κ1) is 38.5. The van der Waals surface area contributed by atoms with Crippen LogP contribution in [0.25, 0.3) is 0 Å². The Morgan fingerprint density at radius 2 is 1.62 bits per heavy atom. The van der Waals surface area contributed by atoms with Crippen LogP contribution in [0.1, 0.15) is 61.8 Å². The van der Waals surface area contributed by atoms with Gasteiger partial charge in [-0.05, 0) is 90.5 Å². The zero-order valence-electron chi connectivity index (χ0n) is 30.4. The molecule has 1 unspecified atom stereocenters. The molecule has 2 aromatic heterocycles. The number of aromatic nitrogens is 1. The topological polar surface area (TPSA) is 108 Å². The first-order valence-electron chi connectivity index (χ1n) is 18.0. The van der Waals surface area contributed by atoms with E-state index in [4.69, 9.17) is 46.9 Å². The van der Waals surface area contributed by atoms with Crippen LogP contribution in [-0.4, -0.2) is 61.9 Å². The van der Waals surface area contributed by atoms with Gasteiger partial charge in [-0.1, -0.05) is 71.7 Å². The normalized spacial score (nSPS) is 18.5. The molecule has 10 nitrogen and oxygen atoms in total. The van der Waals surface area contributed by atoms with E-state index in [-0.39, 0.29) is 19.1 Å². The Kier molecular flexibility index (Phi) is 12.4. The van der Waals surface area contributed by atoms with Gasteiger partial charge in [-0.2, -0.15) is 0 Å². The molecule has 286 valence electrons. The molecule has 3 aromatic carbocycles. The number of hydrogen-bond donors (Lipinski definition) is 1. The summed E-state index contributed by atoms with van der Waals surface area (Å²) in [6, 6.07) is 25.9. The third-order valence-corrected chi connectivity index (χ3v) is 11.7. The smallest absolute Gasteiger partial charge is 0.408 e. The maximum atomic E-state index is 13.6. The number of piperidine rings is 3. The number of carbonyl (C=O) groups excluding carboxylic acids is 2. The first-order valence-corrected chi connectivity index (χ1v) is 19.6. The van der Waals surface area contributed by atoms with E-state index >= 15 is 0 Å². The number of methoxy groups -OCH3 is 2. The number of thiophene rings is 1. The largest absolute Gasteiger partial charge is 0.493 e. The third-order valence-electron chi connectivity index (χ3n) is 10.1. The molecule has 1 N–H and O–H groups in total. The van der Waals surface area contributed by atoms with Crippen molar-refractivity contribution in [2.24, 2.45) is 5.92 Å². The van der Waals surface area contributed by atoms with Crippen LogP contribution in [0.3, 0.4) is 0 Å². The van der Waals surface area contributed by atoms with Gasteiger partial charge >= 0.3 is 12.1 Å². The summed E-state index contributed by atoms with van der Waals surface area (Å²) in [6.45, 7) is 3.14. The molecular formula is C42H41Cl2N3O7S. The van der Waals surface area contributed by atoms with Crippen LogP contribution >= 0.6 is 34.5 Å². The molecule has 0 radical (unpaired) electrons. The van der Waals surface area contributed by atoms with E-state index < -0.39 is 24.2 Å². The highest BCUT2D eigenvalue weighted by Gasteiger charge is 2.37. The summed E-state index contributed by atoms with van der Waals surface area (Å²) in [6.07, 6.45) is 4.04. The molecule has 13 heteroatoms. The van der Waals surface area contributed by atoms with E-state index in [9.17, 15) is 9.59 Å². The fourth-order valence-corrected chi connectivity index (χ4v) is 8.45. The van der Waals surface area contributed by atoms with Crippen molar-refractivity contribution in [2.75, 3.05) is 33.9 Å². The number of esters is 1. The van der Waals surface area contributed by atoms with Crippen LogP contribution in [-0.2, 0) is 22.5 Å². The molecule has 5 aromatic rings. The average molecular weight is 803 g/mol. The lowest BCUT2D eigenvalue weighted by Crippen LogP contribution is -2.52. The summed E-state index contributed by atoms with van der Waals surface area (Å²) in [5.41, 5.74) is 3.04. The quantitative estimate of drug-likeness (QED) is 0.110. The molecule has 3 aliphatic heterocycles. The second kappa shape index (κ2) is 17.8. The van der Waals surface area contributed by atoms with E-state index in [0.29, 0.717) is 49.2 Å². The Hall–Kier alpha value is -4.81. The standard InChI is InChI=1S/C42H41Cl2N3O7S/c1-50-35-13-11-28(20-37(35)51-2)36(21-32-33(43)22-45-23-34(32)44)53-41(48)39-14-12-31(55-39)25-52-30-10-6-9-29(19-30)40(27-7-4-3-5-8-27)46-42(49)54-38-24-47-17-15-26(38)16-18-47/h3-14,19-20,22-23,26,36,38,40H,15-18,21,24-25H2,1-2H3,(H,46,49)/t36-,38-,40?/m0/s1. The van der Waals surface area contributed by atoms with Gasteiger partial charge in [0.15, 0.2) is 11.5 Å². The number of halogens is 2. The first-order chi connectivity index (χ1) is 26.8. The summed E-state index contributed by atoms with van der Waals surface area (Å²) in [5, 5.41) is 3.85. The molecule has 0 aliphatic carbocycles. The fraction of sp³-hybridized carbons (Fsp3) is 0.310. The van der Waals surface area contributed by atoms with Crippen LogP contribution < -0.4 is 19.5 Å². The van der Waals surface area contributed by atoms with Crippen LogP contribution in [0.2, 0.25) is 10.0 Å². The second-order valence-electron chi connectivity index (χ2n) is 13.5. The summed E-state index contributed by atoms with van der Waals surface area (Å²) in [4.78, 5) is 34.5. The van der Waals surface area contributed by atoms with E-state index in [2.05, 4.69) is 15.2 Å². The molecule has 2 bridgehead atoms. The van der Waals surface area contributed by atoms with Crippen molar-refractivity contribution in [1.29, 1.82) is 0 Å². The summed E-state index contributed by atoms with van der Waals surface area (Å²) < 4.78 is 29.2. The molecule has 0 spiro atoms. The minimum Gasteiger partial charge on any atom is -0.493 e. The highest BCUT2D eigenvalue weighted by atomic mass is 35.5. The predicted molar refractivity (Wildman–Crippen MR) is 212 cm³/mol. The number of fused-ring (bicyclic) bond motifs is 3. The van der Waals surface area contributed by atoms with Crippen molar-refractivity contribution in [3.05, 3.63) is 139 Å². The van der Waals surface area contributed by atoms with Crippen molar-refractivity contribution in [3.63, 3.8) is 0 Å². The number of amides is 1. The number of pyridine rings is 1. The van der Waals surface area contributed by atoms with Gasteiger partial charge in [0, 0.05) is 30.2 Å². The zero-order chi connectivity index (χ0) is 38.3. The van der Waals surface area contributed by atoms with Gasteiger partial charge in [-0.3, -0.25) is 9.88 Å². The lowest BCUT2D eigenvalue weighted by atomic mass is 9.86. The van der Waals surface area contributed by atoms with Gasteiger partial charge < -0.3 is 29.0 Å². The molecule has 5 heterocycles. The number of ether oxygens (including phenoxy) is 5. The van der Waals surface area contributed by atoms with E-state index in [1.807, 2.05) is 66.7 Å². The lowest BCUT2D eigenvalue weighted by molar-refractivity contribution is -0.0336. The van der Waals surface area contributed by atoms with Gasteiger partial charge in [0.1, 0.15) is 29.4 Å². The fourth-order valence-electron chi connectivity index (χ4n) is 7.13. The van der Waals surface area contributed by atoms with Crippen molar-refractivity contribution in [3.8, 4) is 17.2 Å². The van der Waals surface area contributed by atoms with E-state index in [1.54, 1.807) is 32.4 Å². The van der Waals surface area contributed by atoms with Gasteiger partial charge in [-0.15, -0.1) is 11.3 Å². The minimum atomic E-state index is -0.756. The minimum absolute atomic E-state index is 0.100. The van der Waals surface area contributed by atoms with Gasteiger partial charge in [0.2, 0.25) is 0 Å². The second-order valence-corrected chi connectivity index (χ2v) is 15.5. The summed E-state index contributed by atoms with van der Waals surface area (Å²) in [5.74, 6) is 1.54. The van der Waals surface area contributed by atoms with Gasteiger partial charge in [0.25, 0.3) is 0 Å². The third kappa shape index (κ3) is 9.36. The molecule has 0 saturated carbocycles. The lowest BCUT2D eigenvalue weighted by Gasteiger charge is -2.43. The number of hydrogen-bond acceptors (Lipinski definition) is 10. The molecule has 3 atom stereocenters. The SMILES string of the molecule is COc1ccc([C@H](Cc2c(Cl)cncc2Cl)OC(=O)c2ccc(COc3cccc(C(NC(=O)O[C@H]4CN5CCC4CC5)c4ccccc4)c3)s2)cc1OC. The number of benzene rings is 3. The average Bonchev–Trinajstić information content (AvgIpc) is 3.70. The molecule has 1 amide bonds. The Bertz CT molecular complexity index is 2090. The van der Waals surface area contributed by atoms with Crippen LogP contribution in [0.15, 0.2) is 97.3 Å². The number of rotatable bonds is 14. The molecule has 3 aliphatic rings. The highest BCUT2D eigenvalue weighted by molar-refractivity contribution is 7.13. The van der Waals surface area contributed by atoms with Crippen LogP contribution in [0.4, 0.5) is 4.79 Å². The molecule has 3 saturated heterocycles. The predicted octanol–water partition coefficient (Wildman–Crippen LogP) is 9.10. The number of carbonyl (C=O) groups is 2. The highest BCUT2D eigenvalue weighted by Crippen LogP contribution is 2.36. The Labute approximate surface area is 334 Å². The Morgan fingerprint density at radius 3 is 2.33 bits per heavy atom. The Balaban J connectivity index is 1.03. The van der Waals surface area contributed by atoms with Crippen LogP contribution in [0.5, 0.6) is 17.2 Å². The molecule has 3 fully saturated rings. The van der Waals surface area contributed by atoms with E-state index in [1.165, 1.54) is 23.7 Å². The van der Waals surface area contributed by atoms with Crippen molar-refractivity contribution < 1.29 is 33.3 Å². The van der Waals surface area contributed by atoms with E-state index in [0.717, 1.165) is 48.5 Å². The monoisotopic (exact) mass is 801 g/mol. The molecular weight excluding hydrogens is 761 g/mol. The van der Waals surface area contributed by atoms with Gasteiger partial charge in [0.05, 0.1) is 30.3 Å². The number of nitrogens with one attached hydrogen (secondary N) is 1. The van der Waals surface area contributed by atoms with Crippen molar-refractivity contribution in [1.82, 2.24) is 15.2 Å². The molecule has 8 rings (SSSR count). The Morgan fingerprint density at radius 1 is 0.873 bits per heavy atom. The van der Waals surface area contributed by atoms with Crippen LogP contribution in [0, 0.1) is 5.92 Å². The summed E-state index contributed by atoms with van der Waals surface area (Å²) in [7, 11) is 3.09.